The van der Waals surface area contributed by atoms with Crippen LogP contribution in [0.15, 0.2) is 12.2 Å². The lowest BCUT2D eigenvalue weighted by molar-refractivity contribution is -0.141. The molecule has 1 heterocycles. The molecular weight excluding hydrogens is 278 g/mol. The van der Waals surface area contributed by atoms with Crippen molar-refractivity contribution in [3.8, 4) is 0 Å². The fourth-order valence-electron chi connectivity index (χ4n) is 2.94. The minimum absolute atomic E-state index is 0.0614. The van der Waals surface area contributed by atoms with Gasteiger partial charge in [-0.25, -0.2) is 9.69 Å². The molecule has 0 radical (unpaired) electrons. The molecule has 0 spiro atoms. The van der Waals surface area contributed by atoms with E-state index >= 15 is 0 Å². The maximum atomic E-state index is 12.8. The van der Waals surface area contributed by atoms with Crippen molar-refractivity contribution >= 4 is 12.0 Å². The second-order valence-corrected chi connectivity index (χ2v) is 7.58. The number of carbonyl (C=O) groups excluding carboxylic acids is 2. The van der Waals surface area contributed by atoms with Crippen LogP contribution in [0.2, 0.25) is 0 Å². The van der Waals surface area contributed by atoms with Crippen LogP contribution < -0.4 is 0 Å². The Morgan fingerprint density at radius 2 is 2.00 bits per heavy atom. The first-order chi connectivity index (χ1) is 10.1. The average molecular weight is 309 g/mol. The van der Waals surface area contributed by atoms with Crippen LogP contribution in [-0.4, -0.2) is 28.5 Å². The topological polar surface area (TPSA) is 46.6 Å². The summed E-state index contributed by atoms with van der Waals surface area (Å²) >= 11 is 0. The monoisotopic (exact) mass is 309 g/mol. The lowest BCUT2D eigenvalue weighted by Crippen LogP contribution is -2.54. The average Bonchev–Trinajstić information content (AvgIpc) is 2.37. The first-order valence-corrected chi connectivity index (χ1v) is 8.27. The first kappa shape index (κ1) is 18.7. The Morgan fingerprint density at radius 1 is 1.41 bits per heavy atom. The van der Waals surface area contributed by atoms with E-state index in [9.17, 15) is 9.59 Å². The molecule has 0 aromatic heterocycles. The third-order valence-corrected chi connectivity index (χ3v) is 4.22. The molecule has 2 amide bonds. The third-order valence-electron chi connectivity index (χ3n) is 4.22. The molecule has 0 saturated carbocycles. The van der Waals surface area contributed by atoms with Crippen molar-refractivity contribution in [2.45, 2.75) is 78.9 Å². The van der Waals surface area contributed by atoms with Crippen molar-refractivity contribution < 1.29 is 14.3 Å². The van der Waals surface area contributed by atoms with E-state index in [0.29, 0.717) is 6.42 Å². The van der Waals surface area contributed by atoms with E-state index < -0.39 is 11.7 Å². The minimum atomic E-state index is -0.599. The van der Waals surface area contributed by atoms with Crippen LogP contribution in [0.5, 0.6) is 0 Å². The highest BCUT2D eigenvalue weighted by atomic mass is 16.6. The van der Waals surface area contributed by atoms with Gasteiger partial charge in [-0.3, -0.25) is 4.79 Å². The molecule has 1 aliphatic heterocycles. The van der Waals surface area contributed by atoms with Gasteiger partial charge >= 0.3 is 6.09 Å². The summed E-state index contributed by atoms with van der Waals surface area (Å²) in [4.78, 5) is 26.7. The van der Waals surface area contributed by atoms with E-state index in [0.717, 1.165) is 24.8 Å². The normalized spacial score (nSPS) is 24.1. The van der Waals surface area contributed by atoms with E-state index in [2.05, 4.69) is 20.4 Å². The summed E-state index contributed by atoms with van der Waals surface area (Å²) in [5.74, 6) is 0.0290. The van der Waals surface area contributed by atoms with Crippen LogP contribution >= 0.6 is 0 Å². The maximum absolute atomic E-state index is 12.8. The van der Waals surface area contributed by atoms with Crippen LogP contribution in [0.4, 0.5) is 4.79 Å². The Bertz CT molecular complexity index is 436. The molecule has 0 aliphatic carbocycles. The molecule has 1 rings (SSSR count). The van der Waals surface area contributed by atoms with Gasteiger partial charge in [0, 0.05) is 12.0 Å². The van der Waals surface area contributed by atoms with Crippen LogP contribution in [0, 0.1) is 11.8 Å². The highest BCUT2D eigenvalue weighted by Crippen LogP contribution is 2.33. The van der Waals surface area contributed by atoms with Gasteiger partial charge in [0.1, 0.15) is 5.60 Å². The summed E-state index contributed by atoms with van der Waals surface area (Å²) in [5.41, 5.74) is 0.378. The van der Waals surface area contributed by atoms with Crippen LogP contribution in [0.1, 0.15) is 67.2 Å². The van der Waals surface area contributed by atoms with Gasteiger partial charge in [0.15, 0.2) is 0 Å². The number of imide groups is 1. The molecule has 0 N–H and O–H groups in total. The number of nitrogens with zero attached hydrogens (tertiary/aromatic N) is 1. The van der Waals surface area contributed by atoms with Gasteiger partial charge < -0.3 is 4.74 Å². The SMILES string of the molecule is C=C(C)C[C@@H]1CC[C@H]([C@@H](C)CC)N(C(=O)OC(C)(C)C)C1=O. The van der Waals surface area contributed by atoms with Crippen molar-refractivity contribution in [2.75, 3.05) is 0 Å². The quantitative estimate of drug-likeness (QED) is 0.716. The standard InChI is InChI=1S/C18H31NO3/c1-8-13(4)15-10-9-14(11-12(2)3)16(20)19(15)17(21)22-18(5,6)7/h13-15H,2,8-11H2,1,3-7H3/t13-,14-,15+/m0/s1. The highest BCUT2D eigenvalue weighted by Gasteiger charge is 2.42. The molecule has 22 heavy (non-hydrogen) atoms. The van der Waals surface area contributed by atoms with Gasteiger partial charge in [-0.15, -0.1) is 6.58 Å². The first-order valence-electron chi connectivity index (χ1n) is 8.27. The zero-order valence-corrected chi connectivity index (χ0v) is 14.9. The minimum Gasteiger partial charge on any atom is -0.443 e. The van der Waals surface area contributed by atoms with Crippen molar-refractivity contribution in [1.82, 2.24) is 4.90 Å². The van der Waals surface area contributed by atoms with E-state index in [4.69, 9.17) is 4.74 Å². The van der Waals surface area contributed by atoms with E-state index in [1.54, 1.807) is 0 Å². The van der Waals surface area contributed by atoms with Gasteiger partial charge in [-0.2, -0.15) is 0 Å². The van der Waals surface area contributed by atoms with Crippen molar-refractivity contribution in [1.29, 1.82) is 0 Å². The fraction of sp³-hybridized carbons (Fsp3) is 0.778. The van der Waals surface area contributed by atoms with Gasteiger partial charge in [0.2, 0.25) is 5.91 Å². The number of allylic oxidation sites excluding steroid dienone is 1. The van der Waals surface area contributed by atoms with Crippen LogP contribution in [0.25, 0.3) is 0 Å². The second kappa shape index (κ2) is 7.30. The maximum Gasteiger partial charge on any atom is 0.417 e. The zero-order valence-electron chi connectivity index (χ0n) is 14.9. The largest absolute Gasteiger partial charge is 0.443 e. The number of carbonyl (C=O) groups is 2. The Hall–Kier alpha value is -1.32. The molecule has 3 atom stereocenters. The molecule has 1 aliphatic rings. The van der Waals surface area contributed by atoms with Gasteiger partial charge in [-0.05, 0) is 52.9 Å². The van der Waals surface area contributed by atoms with E-state index in [-0.39, 0.29) is 23.8 Å². The second-order valence-electron chi connectivity index (χ2n) is 7.58. The molecular formula is C18H31NO3. The lowest BCUT2D eigenvalue weighted by Gasteiger charge is -2.41. The molecule has 0 aromatic rings. The summed E-state index contributed by atoms with van der Waals surface area (Å²) in [7, 11) is 0. The van der Waals surface area contributed by atoms with Gasteiger partial charge in [-0.1, -0.05) is 25.8 Å². The third kappa shape index (κ3) is 4.85. The molecule has 1 fully saturated rings. The summed E-state index contributed by atoms with van der Waals surface area (Å²) in [6.07, 6.45) is 2.74. The number of likely N-dealkylation sites (tertiary alicyclic amines) is 1. The van der Waals surface area contributed by atoms with Crippen molar-refractivity contribution in [2.24, 2.45) is 11.8 Å². The van der Waals surface area contributed by atoms with E-state index in [1.807, 2.05) is 27.7 Å². The Labute approximate surface area is 134 Å². The van der Waals surface area contributed by atoms with Crippen LogP contribution in [-0.2, 0) is 9.53 Å². The number of piperidine rings is 1. The highest BCUT2D eigenvalue weighted by molar-refractivity contribution is 5.94. The lowest BCUT2D eigenvalue weighted by atomic mass is 9.83. The zero-order chi connectivity index (χ0) is 17.1. The number of amides is 2. The number of rotatable bonds is 4. The summed E-state index contributed by atoms with van der Waals surface area (Å²) < 4.78 is 5.47. The smallest absolute Gasteiger partial charge is 0.417 e. The molecule has 126 valence electrons. The fourth-order valence-corrected chi connectivity index (χ4v) is 2.94. The van der Waals surface area contributed by atoms with Gasteiger partial charge in [0.25, 0.3) is 0 Å². The summed E-state index contributed by atoms with van der Waals surface area (Å²) in [5, 5.41) is 0. The number of hydrogen-bond donors (Lipinski definition) is 0. The Balaban J connectivity index is 3.01. The Morgan fingerprint density at radius 3 is 2.45 bits per heavy atom. The van der Waals surface area contributed by atoms with Gasteiger partial charge in [0.05, 0.1) is 0 Å². The van der Waals surface area contributed by atoms with Crippen molar-refractivity contribution in [3.05, 3.63) is 12.2 Å². The van der Waals surface area contributed by atoms with Crippen molar-refractivity contribution in [3.63, 3.8) is 0 Å². The molecule has 0 unspecified atom stereocenters. The number of hydrogen-bond acceptors (Lipinski definition) is 3. The van der Waals surface area contributed by atoms with Crippen LogP contribution in [0.3, 0.4) is 0 Å². The molecule has 4 heteroatoms. The summed E-state index contributed by atoms with van der Waals surface area (Å²) in [6, 6.07) is -0.0614. The molecule has 4 nitrogen and oxygen atoms in total. The number of ether oxygens (including phenoxy) is 1. The summed E-state index contributed by atoms with van der Waals surface area (Å²) in [6.45, 7) is 15.5. The molecule has 0 bridgehead atoms. The van der Waals surface area contributed by atoms with E-state index in [1.165, 1.54) is 4.90 Å². The Kier molecular flexibility index (Phi) is 6.21. The molecule has 1 saturated heterocycles. The molecule has 0 aromatic carbocycles. The predicted molar refractivity (Wildman–Crippen MR) is 88.5 cm³/mol. The predicted octanol–water partition coefficient (Wildman–Crippen LogP) is 4.54.